The topological polar surface area (TPSA) is 58.7 Å². The monoisotopic (exact) mass is 334 g/mol. The lowest BCUT2D eigenvalue weighted by Crippen LogP contribution is -2.48. The van der Waals surface area contributed by atoms with Crippen LogP contribution >= 0.6 is 0 Å². The first kappa shape index (κ1) is 16.7. The Balaban J connectivity index is 1.77. The highest BCUT2D eigenvalue weighted by atomic mass is 19.1. The van der Waals surface area contributed by atoms with Crippen molar-refractivity contribution in [2.45, 2.75) is 18.4 Å². The maximum atomic E-state index is 13.9. The normalized spacial score (nSPS) is 16.9. The zero-order valence-corrected chi connectivity index (χ0v) is 13.2. The van der Waals surface area contributed by atoms with Crippen LogP contribution in [0.15, 0.2) is 42.5 Å². The summed E-state index contributed by atoms with van der Waals surface area (Å²) in [6.45, 7) is 1.38. The van der Waals surface area contributed by atoms with Gasteiger partial charge in [0.1, 0.15) is 23.1 Å². The number of aliphatic hydroxyl groups is 1. The van der Waals surface area contributed by atoms with Crippen LogP contribution in [0.4, 0.5) is 14.5 Å². The maximum Gasteiger partial charge on any atom is 0.132 e. The Morgan fingerprint density at radius 2 is 1.75 bits per heavy atom. The van der Waals surface area contributed by atoms with Crippen molar-refractivity contribution in [1.29, 1.82) is 0 Å². The van der Waals surface area contributed by atoms with E-state index in [2.05, 4.69) is 0 Å². The van der Waals surface area contributed by atoms with Gasteiger partial charge < -0.3 is 20.5 Å². The Bertz CT molecular complexity index is 716. The molecule has 1 fully saturated rings. The Hall–Kier alpha value is -2.18. The number of nitrogens with zero attached hydrogens (tertiary/aromatic N) is 1. The molecule has 4 nitrogen and oxygen atoms in total. The first-order valence-electron chi connectivity index (χ1n) is 7.89. The molecule has 3 rings (SSSR count). The summed E-state index contributed by atoms with van der Waals surface area (Å²) in [7, 11) is 0. The summed E-state index contributed by atoms with van der Waals surface area (Å²) in [6, 6.07) is 10.1. The second-order valence-electron chi connectivity index (χ2n) is 6.12. The van der Waals surface area contributed by atoms with Gasteiger partial charge in [0, 0.05) is 43.5 Å². The lowest BCUT2D eigenvalue weighted by molar-refractivity contribution is 0.0250. The van der Waals surface area contributed by atoms with Crippen LogP contribution in [0.3, 0.4) is 0 Å². The van der Waals surface area contributed by atoms with Crippen LogP contribution in [-0.2, 0) is 0 Å². The minimum absolute atomic E-state index is 0.220. The van der Waals surface area contributed by atoms with Gasteiger partial charge in [-0.3, -0.25) is 0 Å². The zero-order chi connectivity index (χ0) is 17.2. The molecule has 0 aromatic heterocycles. The molecule has 3 N–H and O–H groups in total. The average Bonchev–Trinajstić information content (AvgIpc) is 2.55. The molecule has 0 radical (unpaired) electrons. The van der Waals surface area contributed by atoms with Gasteiger partial charge in [-0.2, -0.15) is 0 Å². The molecule has 6 heteroatoms. The van der Waals surface area contributed by atoms with Crippen molar-refractivity contribution in [3.63, 3.8) is 0 Å². The number of anilines is 1. The Morgan fingerprint density at radius 1 is 1.04 bits per heavy atom. The van der Waals surface area contributed by atoms with E-state index >= 15 is 0 Å². The van der Waals surface area contributed by atoms with Gasteiger partial charge >= 0.3 is 0 Å². The fourth-order valence-corrected chi connectivity index (χ4v) is 2.84. The number of rotatable bonds is 4. The summed E-state index contributed by atoms with van der Waals surface area (Å²) < 4.78 is 32.7. The summed E-state index contributed by atoms with van der Waals surface area (Å²) in [5.41, 5.74) is 5.41. The lowest BCUT2D eigenvalue weighted by atomic mass is 9.91. The van der Waals surface area contributed by atoms with Crippen molar-refractivity contribution in [1.82, 2.24) is 0 Å². The minimum Gasteiger partial charge on any atom is -0.457 e. The van der Waals surface area contributed by atoms with Crippen LogP contribution < -0.4 is 15.4 Å². The summed E-state index contributed by atoms with van der Waals surface area (Å²) in [5, 5.41) is 10.2. The predicted molar refractivity (Wildman–Crippen MR) is 88.3 cm³/mol. The molecule has 24 heavy (non-hydrogen) atoms. The third-order valence-corrected chi connectivity index (χ3v) is 4.33. The van der Waals surface area contributed by atoms with Crippen molar-refractivity contribution < 1.29 is 18.6 Å². The van der Waals surface area contributed by atoms with Crippen LogP contribution in [0.1, 0.15) is 12.8 Å². The van der Waals surface area contributed by atoms with Crippen molar-refractivity contribution in [3.8, 4) is 11.5 Å². The van der Waals surface area contributed by atoms with Crippen molar-refractivity contribution in [2.75, 3.05) is 24.5 Å². The van der Waals surface area contributed by atoms with Crippen molar-refractivity contribution >= 4 is 5.69 Å². The average molecular weight is 334 g/mol. The Kier molecular flexibility index (Phi) is 4.69. The van der Waals surface area contributed by atoms with E-state index in [1.165, 1.54) is 30.3 Å². The van der Waals surface area contributed by atoms with Crippen molar-refractivity contribution in [3.05, 3.63) is 54.1 Å². The number of piperidine rings is 1. The molecule has 1 saturated heterocycles. The quantitative estimate of drug-likeness (QED) is 0.902. The summed E-state index contributed by atoms with van der Waals surface area (Å²) in [6.07, 6.45) is 1.06. The van der Waals surface area contributed by atoms with Gasteiger partial charge in [0.15, 0.2) is 0 Å². The van der Waals surface area contributed by atoms with Gasteiger partial charge in [-0.15, -0.1) is 0 Å². The molecular weight excluding hydrogens is 314 g/mol. The molecular formula is C18H20F2N2O2. The molecule has 1 aliphatic heterocycles. The van der Waals surface area contributed by atoms with E-state index in [1.54, 1.807) is 12.1 Å². The van der Waals surface area contributed by atoms with E-state index < -0.39 is 17.2 Å². The molecule has 0 unspecified atom stereocenters. The number of nitrogens with two attached hydrogens (primary N) is 1. The zero-order valence-electron chi connectivity index (χ0n) is 13.2. The van der Waals surface area contributed by atoms with Gasteiger partial charge in [-0.1, -0.05) is 6.07 Å². The highest BCUT2D eigenvalue weighted by Gasteiger charge is 2.31. The van der Waals surface area contributed by atoms with Gasteiger partial charge in [0.05, 0.1) is 5.60 Å². The number of ether oxygens (including phenoxy) is 1. The standard InChI is InChI=1S/C18H20F2N2O2/c19-13-2-1-3-16(9-13)24-17-10-14(20)8-15(11-17)22-6-4-18(23,12-21)5-7-22/h1-3,8-11,23H,4-7,12,21H2. The Morgan fingerprint density at radius 3 is 2.42 bits per heavy atom. The van der Waals surface area contributed by atoms with E-state index in [0.29, 0.717) is 43.1 Å². The van der Waals surface area contributed by atoms with Gasteiger partial charge in [0.25, 0.3) is 0 Å². The predicted octanol–water partition coefficient (Wildman–Crippen LogP) is 3.05. The summed E-state index contributed by atoms with van der Waals surface area (Å²) in [5.74, 6) is -0.238. The molecule has 128 valence electrons. The van der Waals surface area contributed by atoms with E-state index in [-0.39, 0.29) is 6.54 Å². The second kappa shape index (κ2) is 6.75. The summed E-state index contributed by atoms with van der Waals surface area (Å²) in [4.78, 5) is 1.98. The first-order valence-corrected chi connectivity index (χ1v) is 7.89. The first-order chi connectivity index (χ1) is 11.5. The molecule has 0 aliphatic carbocycles. The van der Waals surface area contributed by atoms with Gasteiger partial charge in [-0.25, -0.2) is 8.78 Å². The van der Waals surface area contributed by atoms with Gasteiger partial charge in [0.2, 0.25) is 0 Å². The molecule has 0 bridgehead atoms. The van der Waals surface area contributed by atoms with Gasteiger partial charge in [-0.05, 0) is 31.0 Å². The number of benzene rings is 2. The minimum atomic E-state index is -0.843. The van der Waals surface area contributed by atoms with Crippen LogP contribution in [0.2, 0.25) is 0 Å². The number of hydrogen-bond acceptors (Lipinski definition) is 4. The van der Waals surface area contributed by atoms with Crippen LogP contribution in [-0.4, -0.2) is 30.3 Å². The maximum absolute atomic E-state index is 13.9. The van der Waals surface area contributed by atoms with Crippen LogP contribution in [0, 0.1) is 11.6 Å². The molecule has 1 heterocycles. The third kappa shape index (κ3) is 3.83. The number of halogens is 2. The molecule has 1 aliphatic rings. The van der Waals surface area contributed by atoms with E-state index in [0.717, 1.165) is 0 Å². The lowest BCUT2D eigenvalue weighted by Gasteiger charge is -2.38. The summed E-state index contributed by atoms with van der Waals surface area (Å²) >= 11 is 0. The highest BCUT2D eigenvalue weighted by Crippen LogP contribution is 2.31. The van der Waals surface area contributed by atoms with Crippen molar-refractivity contribution in [2.24, 2.45) is 5.73 Å². The molecule has 0 amide bonds. The highest BCUT2D eigenvalue weighted by molar-refractivity contribution is 5.52. The fraction of sp³-hybridized carbons (Fsp3) is 0.333. The Labute approximate surface area is 139 Å². The van der Waals surface area contributed by atoms with Crippen LogP contribution in [0.25, 0.3) is 0 Å². The van der Waals surface area contributed by atoms with E-state index in [1.807, 2.05) is 4.90 Å². The molecule has 0 atom stereocenters. The van der Waals surface area contributed by atoms with Crippen LogP contribution in [0.5, 0.6) is 11.5 Å². The molecule has 2 aromatic rings. The molecule has 0 spiro atoms. The smallest absolute Gasteiger partial charge is 0.132 e. The second-order valence-corrected chi connectivity index (χ2v) is 6.12. The van der Waals surface area contributed by atoms with E-state index in [4.69, 9.17) is 10.5 Å². The van der Waals surface area contributed by atoms with E-state index in [9.17, 15) is 13.9 Å². The largest absolute Gasteiger partial charge is 0.457 e. The molecule has 0 saturated carbocycles. The fourth-order valence-electron chi connectivity index (χ4n) is 2.84. The third-order valence-electron chi connectivity index (χ3n) is 4.33. The number of hydrogen-bond donors (Lipinski definition) is 2. The SMILES string of the molecule is NCC1(O)CCN(c2cc(F)cc(Oc3cccc(F)c3)c2)CC1. The molecule has 2 aromatic carbocycles.